The molecule has 72 valence electrons. The molecular weight excluding hydrogens is 162 g/mol. The van der Waals surface area contributed by atoms with E-state index in [0.29, 0.717) is 0 Å². The first-order chi connectivity index (χ1) is 6.27. The molecule has 1 unspecified atom stereocenters. The summed E-state index contributed by atoms with van der Waals surface area (Å²) < 4.78 is 5.58. The van der Waals surface area contributed by atoms with Crippen LogP contribution in [0, 0.1) is 0 Å². The van der Waals surface area contributed by atoms with Crippen LogP contribution in [0.5, 0.6) is 0 Å². The van der Waals surface area contributed by atoms with E-state index in [2.05, 4.69) is 6.92 Å². The van der Waals surface area contributed by atoms with Crippen LogP contribution >= 0.6 is 0 Å². The zero-order valence-electron chi connectivity index (χ0n) is 8.29. The van der Waals surface area contributed by atoms with E-state index < -0.39 is 0 Å². The maximum atomic E-state index is 5.60. The summed E-state index contributed by atoms with van der Waals surface area (Å²) in [6.07, 6.45) is 1.21. The third-order valence-corrected chi connectivity index (χ3v) is 2.05. The standard InChI is InChI=1S/C11H17NO/c1-3-11(13-4-2)9-5-7-10(12)8-6-9/h5-8,11H,3-4,12H2,1-2H3. The number of hydrogen-bond acceptors (Lipinski definition) is 2. The summed E-state index contributed by atoms with van der Waals surface area (Å²) >= 11 is 0. The first kappa shape index (κ1) is 10.1. The fraction of sp³-hybridized carbons (Fsp3) is 0.455. The Morgan fingerprint density at radius 3 is 2.31 bits per heavy atom. The number of ether oxygens (including phenoxy) is 1. The number of anilines is 1. The number of rotatable bonds is 4. The molecule has 0 saturated heterocycles. The van der Waals surface area contributed by atoms with Gasteiger partial charge in [-0.1, -0.05) is 19.1 Å². The lowest BCUT2D eigenvalue weighted by atomic mass is 10.1. The smallest absolute Gasteiger partial charge is 0.0822 e. The van der Waals surface area contributed by atoms with Crippen LogP contribution in [0.3, 0.4) is 0 Å². The minimum atomic E-state index is 0.214. The van der Waals surface area contributed by atoms with Gasteiger partial charge in [0.25, 0.3) is 0 Å². The van der Waals surface area contributed by atoms with E-state index in [1.165, 1.54) is 5.56 Å². The molecule has 1 atom stereocenters. The summed E-state index contributed by atoms with van der Waals surface area (Å²) in [5, 5.41) is 0. The van der Waals surface area contributed by atoms with Crippen LogP contribution < -0.4 is 5.73 Å². The van der Waals surface area contributed by atoms with Crippen LogP contribution in [-0.4, -0.2) is 6.61 Å². The molecule has 13 heavy (non-hydrogen) atoms. The van der Waals surface area contributed by atoms with Gasteiger partial charge in [-0.2, -0.15) is 0 Å². The average molecular weight is 179 g/mol. The second-order valence-corrected chi connectivity index (χ2v) is 3.02. The molecule has 0 heterocycles. The van der Waals surface area contributed by atoms with E-state index in [0.717, 1.165) is 18.7 Å². The molecule has 0 amide bonds. The van der Waals surface area contributed by atoms with Crippen LogP contribution in [0.15, 0.2) is 24.3 Å². The van der Waals surface area contributed by atoms with Crippen LogP contribution in [0.4, 0.5) is 5.69 Å². The molecule has 0 aliphatic rings. The van der Waals surface area contributed by atoms with Crippen molar-refractivity contribution in [3.05, 3.63) is 29.8 Å². The molecule has 2 heteroatoms. The van der Waals surface area contributed by atoms with Crippen molar-refractivity contribution in [2.24, 2.45) is 0 Å². The maximum Gasteiger partial charge on any atom is 0.0822 e. The molecule has 0 bridgehead atoms. The monoisotopic (exact) mass is 179 g/mol. The molecule has 1 aromatic carbocycles. The lowest BCUT2D eigenvalue weighted by Crippen LogP contribution is -2.02. The first-order valence-electron chi connectivity index (χ1n) is 4.75. The highest BCUT2D eigenvalue weighted by molar-refractivity contribution is 5.39. The molecule has 0 radical (unpaired) electrons. The van der Waals surface area contributed by atoms with Gasteiger partial charge in [0.1, 0.15) is 0 Å². The molecule has 1 rings (SSSR count). The highest BCUT2D eigenvalue weighted by Gasteiger charge is 2.07. The van der Waals surface area contributed by atoms with Gasteiger partial charge < -0.3 is 10.5 Å². The second-order valence-electron chi connectivity index (χ2n) is 3.02. The van der Waals surface area contributed by atoms with Gasteiger partial charge in [0.05, 0.1) is 6.10 Å². The largest absolute Gasteiger partial charge is 0.399 e. The fourth-order valence-electron chi connectivity index (χ4n) is 1.36. The first-order valence-corrected chi connectivity index (χ1v) is 4.75. The van der Waals surface area contributed by atoms with Crippen molar-refractivity contribution in [1.29, 1.82) is 0 Å². The zero-order valence-corrected chi connectivity index (χ0v) is 8.29. The van der Waals surface area contributed by atoms with Gasteiger partial charge in [0.2, 0.25) is 0 Å². The topological polar surface area (TPSA) is 35.2 Å². The van der Waals surface area contributed by atoms with Gasteiger partial charge >= 0.3 is 0 Å². The molecule has 0 aliphatic carbocycles. The van der Waals surface area contributed by atoms with Crippen molar-refractivity contribution in [3.63, 3.8) is 0 Å². The Morgan fingerprint density at radius 2 is 1.85 bits per heavy atom. The molecule has 0 fully saturated rings. The SMILES string of the molecule is CCOC(CC)c1ccc(N)cc1. The summed E-state index contributed by atoms with van der Waals surface area (Å²) in [6.45, 7) is 4.89. The summed E-state index contributed by atoms with van der Waals surface area (Å²) in [6, 6.07) is 7.88. The van der Waals surface area contributed by atoms with Crippen molar-refractivity contribution in [2.45, 2.75) is 26.4 Å². The van der Waals surface area contributed by atoms with Gasteiger partial charge in [-0.15, -0.1) is 0 Å². The third kappa shape index (κ3) is 2.74. The van der Waals surface area contributed by atoms with Crippen molar-refractivity contribution < 1.29 is 4.74 Å². The van der Waals surface area contributed by atoms with Gasteiger partial charge in [0, 0.05) is 12.3 Å². The minimum Gasteiger partial charge on any atom is -0.399 e. The number of hydrogen-bond donors (Lipinski definition) is 1. The Labute approximate surface area is 79.7 Å². The lowest BCUT2D eigenvalue weighted by Gasteiger charge is -2.15. The van der Waals surface area contributed by atoms with E-state index in [1.807, 2.05) is 31.2 Å². The third-order valence-electron chi connectivity index (χ3n) is 2.05. The van der Waals surface area contributed by atoms with E-state index in [4.69, 9.17) is 10.5 Å². The Balaban J connectivity index is 2.73. The minimum absolute atomic E-state index is 0.214. The summed E-state index contributed by atoms with van der Waals surface area (Å²) in [7, 11) is 0. The van der Waals surface area contributed by atoms with Crippen molar-refractivity contribution >= 4 is 5.69 Å². The van der Waals surface area contributed by atoms with Gasteiger partial charge in [-0.25, -0.2) is 0 Å². The van der Waals surface area contributed by atoms with E-state index in [9.17, 15) is 0 Å². The van der Waals surface area contributed by atoms with E-state index in [1.54, 1.807) is 0 Å². The predicted octanol–water partition coefficient (Wildman–Crippen LogP) is 2.76. The molecule has 1 aromatic rings. The summed E-state index contributed by atoms with van der Waals surface area (Å²) in [5.41, 5.74) is 7.61. The highest BCUT2D eigenvalue weighted by atomic mass is 16.5. The number of benzene rings is 1. The Bertz CT molecular complexity index is 243. The van der Waals surface area contributed by atoms with Crippen LogP contribution in [0.2, 0.25) is 0 Å². The van der Waals surface area contributed by atoms with Crippen LogP contribution in [-0.2, 0) is 4.74 Å². The Hall–Kier alpha value is -1.02. The second kappa shape index (κ2) is 4.87. The summed E-state index contributed by atoms with van der Waals surface area (Å²) in [4.78, 5) is 0. The average Bonchev–Trinajstić information content (AvgIpc) is 2.16. The fourth-order valence-corrected chi connectivity index (χ4v) is 1.36. The quantitative estimate of drug-likeness (QED) is 0.721. The molecule has 0 spiro atoms. The maximum absolute atomic E-state index is 5.60. The highest BCUT2D eigenvalue weighted by Crippen LogP contribution is 2.21. The summed E-state index contributed by atoms with van der Waals surface area (Å²) in [5.74, 6) is 0. The van der Waals surface area contributed by atoms with Gasteiger partial charge in [-0.3, -0.25) is 0 Å². The predicted molar refractivity (Wildman–Crippen MR) is 55.5 cm³/mol. The Morgan fingerprint density at radius 1 is 1.23 bits per heavy atom. The molecule has 0 aliphatic heterocycles. The lowest BCUT2D eigenvalue weighted by molar-refractivity contribution is 0.0598. The van der Waals surface area contributed by atoms with Crippen molar-refractivity contribution in [2.75, 3.05) is 12.3 Å². The van der Waals surface area contributed by atoms with Crippen LogP contribution in [0.25, 0.3) is 0 Å². The van der Waals surface area contributed by atoms with E-state index in [-0.39, 0.29) is 6.10 Å². The molecule has 2 N–H and O–H groups in total. The van der Waals surface area contributed by atoms with Gasteiger partial charge in [-0.05, 0) is 31.0 Å². The number of nitrogen functional groups attached to an aromatic ring is 1. The van der Waals surface area contributed by atoms with Crippen molar-refractivity contribution in [3.8, 4) is 0 Å². The number of nitrogens with two attached hydrogens (primary N) is 1. The Kier molecular flexibility index (Phi) is 3.77. The van der Waals surface area contributed by atoms with E-state index >= 15 is 0 Å². The normalized spacial score (nSPS) is 12.8. The molecule has 2 nitrogen and oxygen atoms in total. The van der Waals surface area contributed by atoms with Crippen LogP contribution in [0.1, 0.15) is 31.9 Å². The molecule has 0 aromatic heterocycles. The molecular formula is C11H17NO. The van der Waals surface area contributed by atoms with Crippen molar-refractivity contribution in [1.82, 2.24) is 0 Å². The van der Waals surface area contributed by atoms with Gasteiger partial charge in [0.15, 0.2) is 0 Å². The molecule has 0 saturated carbocycles. The zero-order chi connectivity index (χ0) is 9.68.